The van der Waals surface area contributed by atoms with Gasteiger partial charge in [0.15, 0.2) is 6.10 Å². The summed E-state index contributed by atoms with van der Waals surface area (Å²) in [5, 5.41) is 8.62. The highest BCUT2D eigenvalue weighted by molar-refractivity contribution is 5.44. The van der Waals surface area contributed by atoms with E-state index >= 15 is 0 Å². The summed E-state index contributed by atoms with van der Waals surface area (Å²) in [5.74, 6) is 5.56. The number of halogens is 3. The maximum atomic E-state index is 12.4. The molecule has 20 heavy (non-hydrogen) atoms. The quantitative estimate of drug-likeness (QED) is 0.865. The van der Waals surface area contributed by atoms with E-state index in [1.54, 1.807) is 18.2 Å². The van der Waals surface area contributed by atoms with Crippen LogP contribution in [0.3, 0.4) is 0 Å². The lowest BCUT2D eigenvalue weighted by molar-refractivity contribution is -0.217. The second-order valence-electron chi connectivity index (χ2n) is 3.98. The minimum absolute atomic E-state index is 0.238. The van der Waals surface area contributed by atoms with E-state index in [0.29, 0.717) is 16.9 Å². The molecule has 0 heterocycles. The predicted molar refractivity (Wildman–Crippen MR) is 67.3 cm³/mol. The molecule has 0 aliphatic carbocycles. The third-order valence-electron chi connectivity index (χ3n) is 2.54. The molecule has 1 N–H and O–H groups in total. The van der Waals surface area contributed by atoms with Crippen LogP contribution in [0.5, 0.6) is 5.75 Å². The van der Waals surface area contributed by atoms with Crippen molar-refractivity contribution in [1.29, 1.82) is 0 Å². The van der Waals surface area contributed by atoms with E-state index in [9.17, 15) is 13.2 Å². The Morgan fingerprint density at radius 3 is 2.60 bits per heavy atom. The van der Waals surface area contributed by atoms with Crippen LogP contribution in [0.25, 0.3) is 0 Å². The van der Waals surface area contributed by atoms with Crippen LogP contribution in [0.1, 0.15) is 18.1 Å². The molecule has 1 aromatic rings. The monoisotopic (exact) mass is 288 g/mol. The first-order valence-electron chi connectivity index (χ1n) is 5.83. The number of aliphatic hydroxyl groups is 1. The second-order valence-corrected chi connectivity index (χ2v) is 3.98. The number of rotatable bonds is 4. The molecule has 1 rings (SSSR count). The molecule has 0 spiro atoms. The van der Waals surface area contributed by atoms with E-state index < -0.39 is 12.3 Å². The van der Waals surface area contributed by atoms with Crippen molar-refractivity contribution in [3.8, 4) is 17.6 Å². The number of benzene rings is 1. The van der Waals surface area contributed by atoms with Gasteiger partial charge >= 0.3 is 6.18 Å². The standard InChI is InChI=1S/C14H15F3O3/c1-10(14(15,16)17)20-9-12-8-11(4-3-7-18)5-6-13(12)19-2/h5-6,8,10,18H,7,9H2,1-2H3. The van der Waals surface area contributed by atoms with Crippen molar-refractivity contribution in [3.63, 3.8) is 0 Å². The summed E-state index contributed by atoms with van der Waals surface area (Å²) in [5.41, 5.74) is 1.03. The van der Waals surface area contributed by atoms with Gasteiger partial charge in [0.2, 0.25) is 0 Å². The minimum Gasteiger partial charge on any atom is -0.496 e. The Hall–Kier alpha value is -1.71. The first-order chi connectivity index (χ1) is 9.38. The third-order valence-corrected chi connectivity index (χ3v) is 2.54. The molecule has 1 aromatic carbocycles. The van der Waals surface area contributed by atoms with E-state index in [2.05, 4.69) is 11.8 Å². The maximum Gasteiger partial charge on any atom is 0.414 e. The number of hydrogen-bond acceptors (Lipinski definition) is 3. The van der Waals surface area contributed by atoms with E-state index in [4.69, 9.17) is 14.6 Å². The first kappa shape index (κ1) is 16.3. The number of aliphatic hydroxyl groups excluding tert-OH is 1. The van der Waals surface area contributed by atoms with Crippen LogP contribution < -0.4 is 4.74 Å². The molecular formula is C14H15F3O3. The zero-order valence-electron chi connectivity index (χ0n) is 11.1. The summed E-state index contributed by atoms with van der Waals surface area (Å²) >= 11 is 0. The van der Waals surface area contributed by atoms with Crippen molar-refractivity contribution in [1.82, 2.24) is 0 Å². The van der Waals surface area contributed by atoms with Gasteiger partial charge in [-0.25, -0.2) is 0 Å². The van der Waals surface area contributed by atoms with Crippen molar-refractivity contribution in [3.05, 3.63) is 29.3 Å². The zero-order valence-corrected chi connectivity index (χ0v) is 11.1. The number of methoxy groups -OCH3 is 1. The van der Waals surface area contributed by atoms with E-state index in [1.165, 1.54) is 7.11 Å². The Labute approximate surface area is 115 Å². The molecule has 110 valence electrons. The zero-order chi connectivity index (χ0) is 15.2. The summed E-state index contributed by atoms with van der Waals surface area (Å²) in [6.45, 7) is 0.420. The Balaban J connectivity index is 2.86. The van der Waals surface area contributed by atoms with Crippen molar-refractivity contribution in [2.24, 2.45) is 0 Å². The fourth-order valence-corrected chi connectivity index (χ4v) is 1.42. The molecule has 3 nitrogen and oxygen atoms in total. The molecule has 0 radical (unpaired) electrons. The van der Waals surface area contributed by atoms with Gasteiger partial charge < -0.3 is 14.6 Å². The van der Waals surface area contributed by atoms with Crippen molar-refractivity contribution >= 4 is 0 Å². The van der Waals surface area contributed by atoms with Crippen molar-refractivity contribution in [2.75, 3.05) is 13.7 Å². The average Bonchev–Trinajstić information content (AvgIpc) is 2.41. The molecule has 6 heteroatoms. The third kappa shape index (κ3) is 4.76. The molecule has 0 aliphatic heterocycles. The number of alkyl halides is 3. The molecule has 0 saturated heterocycles. The van der Waals surface area contributed by atoms with Gasteiger partial charge in [-0.1, -0.05) is 11.8 Å². The van der Waals surface area contributed by atoms with Crippen LogP contribution in [-0.2, 0) is 11.3 Å². The lowest BCUT2D eigenvalue weighted by Crippen LogP contribution is -2.28. The molecule has 1 atom stereocenters. The number of ether oxygens (including phenoxy) is 2. The summed E-state index contributed by atoms with van der Waals surface area (Å²) in [6, 6.07) is 4.82. The minimum atomic E-state index is -4.40. The maximum absolute atomic E-state index is 12.4. The van der Waals surface area contributed by atoms with Gasteiger partial charge in [-0.3, -0.25) is 0 Å². The molecule has 0 fully saturated rings. The SMILES string of the molecule is COc1ccc(C#CCO)cc1COC(C)C(F)(F)F. The molecule has 0 aliphatic rings. The summed E-state index contributed by atoms with van der Waals surface area (Å²) in [4.78, 5) is 0. The molecular weight excluding hydrogens is 273 g/mol. The second kappa shape index (κ2) is 7.17. The van der Waals surface area contributed by atoms with Crippen LogP contribution in [0.4, 0.5) is 13.2 Å². The molecule has 0 saturated carbocycles. The van der Waals surface area contributed by atoms with Gasteiger partial charge in [-0.2, -0.15) is 13.2 Å². The fraction of sp³-hybridized carbons (Fsp3) is 0.429. The van der Waals surface area contributed by atoms with Gasteiger partial charge in [0.25, 0.3) is 0 Å². The van der Waals surface area contributed by atoms with E-state index in [0.717, 1.165) is 6.92 Å². The summed E-state index contributed by atoms with van der Waals surface area (Å²) in [6.07, 6.45) is -6.26. The van der Waals surface area contributed by atoms with Crippen LogP contribution >= 0.6 is 0 Å². The fourth-order valence-electron chi connectivity index (χ4n) is 1.42. The molecule has 0 bridgehead atoms. The van der Waals surface area contributed by atoms with Gasteiger partial charge in [-0.15, -0.1) is 0 Å². The van der Waals surface area contributed by atoms with Gasteiger partial charge in [-0.05, 0) is 25.1 Å². The van der Waals surface area contributed by atoms with Crippen molar-refractivity contribution < 1.29 is 27.8 Å². The van der Waals surface area contributed by atoms with Crippen LogP contribution in [0.2, 0.25) is 0 Å². The molecule has 0 aromatic heterocycles. The highest BCUT2D eigenvalue weighted by Crippen LogP contribution is 2.26. The van der Waals surface area contributed by atoms with Gasteiger partial charge in [0.05, 0.1) is 13.7 Å². The highest BCUT2D eigenvalue weighted by atomic mass is 19.4. The lowest BCUT2D eigenvalue weighted by Gasteiger charge is -2.17. The molecule has 1 unspecified atom stereocenters. The first-order valence-corrected chi connectivity index (χ1v) is 5.83. The smallest absolute Gasteiger partial charge is 0.414 e. The average molecular weight is 288 g/mol. The van der Waals surface area contributed by atoms with Gasteiger partial charge in [0, 0.05) is 11.1 Å². The van der Waals surface area contributed by atoms with E-state index in [-0.39, 0.29) is 13.2 Å². The summed E-state index contributed by atoms with van der Waals surface area (Å²) in [7, 11) is 1.42. The number of hydrogen-bond donors (Lipinski definition) is 1. The predicted octanol–water partition coefficient (Wildman–Crippen LogP) is 2.51. The largest absolute Gasteiger partial charge is 0.496 e. The topological polar surface area (TPSA) is 38.7 Å². The van der Waals surface area contributed by atoms with Crippen LogP contribution in [0.15, 0.2) is 18.2 Å². The van der Waals surface area contributed by atoms with Crippen molar-refractivity contribution in [2.45, 2.75) is 25.8 Å². The molecule has 0 amide bonds. The Morgan fingerprint density at radius 2 is 2.05 bits per heavy atom. The Kier molecular flexibility index (Phi) is 5.86. The Morgan fingerprint density at radius 1 is 1.35 bits per heavy atom. The lowest BCUT2D eigenvalue weighted by atomic mass is 10.1. The normalized spacial score (nSPS) is 12.5. The van der Waals surface area contributed by atoms with Crippen LogP contribution in [0, 0.1) is 11.8 Å². The van der Waals surface area contributed by atoms with E-state index in [1.807, 2.05) is 0 Å². The highest BCUT2D eigenvalue weighted by Gasteiger charge is 2.36. The summed E-state index contributed by atoms with van der Waals surface area (Å²) < 4.78 is 47.0. The van der Waals surface area contributed by atoms with Crippen LogP contribution in [-0.4, -0.2) is 31.1 Å². The van der Waals surface area contributed by atoms with Gasteiger partial charge in [0.1, 0.15) is 12.4 Å². The Bertz CT molecular complexity index is 501.